The Kier molecular flexibility index (Phi) is 6.87. The average Bonchev–Trinajstić information content (AvgIpc) is 2.78. The number of halogens is 2. The number of Topliss-reactive ketones (excluding diaryl/α,β-unsaturated/α-hetero) is 1. The second kappa shape index (κ2) is 9.80. The van der Waals surface area contributed by atoms with Crippen molar-refractivity contribution in [2.45, 2.75) is 32.1 Å². The van der Waals surface area contributed by atoms with E-state index in [-0.39, 0.29) is 19.0 Å². The number of nitrogens with one attached hydrogen (secondary N) is 1. The van der Waals surface area contributed by atoms with Crippen molar-refractivity contribution >= 4 is 35.0 Å². The number of benzene rings is 2. The van der Waals surface area contributed by atoms with Crippen LogP contribution in [0.4, 0.5) is 0 Å². The van der Waals surface area contributed by atoms with Gasteiger partial charge in [-0.15, -0.1) is 0 Å². The highest BCUT2D eigenvalue weighted by atomic mass is 35.5. The first-order chi connectivity index (χ1) is 15.5. The molecule has 5 nitrogen and oxygen atoms in total. The Morgan fingerprint density at radius 1 is 1.06 bits per heavy atom. The molecule has 0 aromatic heterocycles. The second-order valence-electron chi connectivity index (χ2n) is 7.74. The maximum absolute atomic E-state index is 13.2. The third kappa shape index (κ3) is 4.69. The lowest BCUT2D eigenvalue weighted by molar-refractivity contribution is -0.140. The molecule has 1 atom stereocenters. The number of hydrogen-bond acceptors (Lipinski definition) is 5. The minimum atomic E-state index is -0.559. The summed E-state index contributed by atoms with van der Waals surface area (Å²) in [5.41, 5.74) is 3.27. The van der Waals surface area contributed by atoms with Crippen molar-refractivity contribution < 1.29 is 19.1 Å². The number of rotatable bonds is 6. The molecule has 1 N–H and O–H groups in total. The lowest BCUT2D eigenvalue weighted by atomic mass is 9.75. The van der Waals surface area contributed by atoms with Gasteiger partial charge >= 0.3 is 5.97 Å². The first kappa shape index (κ1) is 22.4. The average molecular weight is 472 g/mol. The summed E-state index contributed by atoms with van der Waals surface area (Å²) in [6.45, 7) is 2.13. The first-order valence-electron chi connectivity index (χ1n) is 10.5. The smallest absolute Gasteiger partial charge is 0.336 e. The molecule has 1 aliphatic carbocycles. The topological polar surface area (TPSA) is 64.6 Å². The molecule has 0 saturated heterocycles. The van der Waals surface area contributed by atoms with Gasteiger partial charge in [-0.2, -0.15) is 0 Å². The van der Waals surface area contributed by atoms with Crippen LogP contribution in [0.1, 0.15) is 37.7 Å². The van der Waals surface area contributed by atoms with Crippen LogP contribution in [0.25, 0.3) is 0 Å². The Labute approximate surface area is 197 Å². The van der Waals surface area contributed by atoms with Crippen molar-refractivity contribution in [1.29, 1.82) is 0 Å². The van der Waals surface area contributed by atoms with E-state index in [1.54, 1.807) is 18.2 Å². The Balaban J connectivity index is 1.58. The standard InChI is InChI=1S/C25H23Cl2NO4/c1-15-22(25(30)32-13-12-31-17-6-3-2-4-7-17)23(16-10-11-18(26)19(27)14-16)24-20(28-15)8-5-9-21(24)29/h2-4,6-7,10-11,14,23,28H,5,8-9,12-13H2,1H3/t23-/m1/s1. The van der Waals surface area contributed by atoms with Gasteiger partial charge in [0.2, 0.25) is 0 Å². The highest BCUT2D eigenvalue weighted by Crippen LogP contribution is 2.43. The predicted octanol–water partition coefficient (Wildman–Crippen LogP) is 5.58. The molecule has 7 heteroatoms. The van der Waals surface area contributed by atoms with Crippen molar-refractivity contribution in [3.05, 3.63) is 86.7 Å². The molecule has 2 aliphatic rings. The van der Waals surface area contributed by atoms with E-state index in [1.165, 1.54) is 0 Å². The van der Waals surface area contributed by atoms with Crippen LogP contribution < -0.4 is 10.1 Å². The first-order valence-corrected chi connectivity index (χ1v) is 11.2. The quantitative estimate of drug-likeness (QED) is 0.439. The zero-order valence-electron chi connectivity index (χ0n) is 17.6. The molecule has 1 aliphatic heterocycles. The molecule has 0 saturated carbocycles. The maximum atomic E-state index is 13.2. The van der Waals surface area contributed by atoms with Crippen LogP contribution >= 0.6 is 23.2 Å². The van der Waals surface area contributed by atoms with E-state index in [0.717, 1.165) is 24.1 Å². The van der Waals surface area contributed by atoms with Gasteiger partial charge in [-0.1, -0.05) is 47.5 Å². The highest BCUT2D eigenvalue weighted by Gasteiger charge is 2.39. The van der Waals surface area contributed by atoms with E-state index < -0.39 is 11.9 Å². The molecule has 0 unspecified atom stereocenters. The molecular weight excluding hydrogens is 449 g/mol. The van der Waals surface area contributed by atoms with Gasteiger partial charge in [0, 0.05) is 29.3 Å². The maximum Gasteiger partial charge on any atom is 0.336 e. The summed E-state index contributed by atoms with van der Waals surface area (Å²) >= 11 is 12.4. The van der Waals surface area contributed by atoms with Gasteiger partial charge in [0.05, 0.1) is 15.6 Å². The number of para-hydroxylation sites is 1. The number of ether oxygens (including phenoxy) is 2. The summed E-state index contributed by atoms with van der Waals surface area (Å²) in [7, 11) is 0. The van der Waals surface area contributed by atoms with Crippen LogP contribution in [0, 0.1) is 0 Å². The number of allylic oxidation sites excluding steroid dienone is 3. The normalized spacial score (nSPS) is 18.2. The molecule has 0 spiro atoms. The van der Waals surface area contributed by atoms with E-state index in [4.69, 9.17) is 32.7 Å². The molecule has 0 fully saturated rings. The molecule has 0 amide bonds. The van der Waals surface area contributed by atoms with Crippen LogP contribution in [0.2, 0.25) is 10.0 Å². The third-order valence-corrected chi connectivity index (χ3v) is 6.34. The molecule has 4 rings (SSSR count). The Bertz CT molecular complexity index is 1110. The number of carbonyl (C=O) groups excluding carboxylic acids is 2. The summed E-state index contributed by atoms with van der Waals surface area (Å²) in [5, 5.41) is 4.05. The largest absolute Gasteiger partial charge is 0.490 e. The van der Waals surface area contributed by atoms with E-state index in [2.05, 4.69) is 5.32 Å². The molecular formula is C25H23Cl2NO4. The van der Waals surface area contributed by atoms with Gasteiger partial charge in [-0.25, -0.2) is 4.79 Å². The van der Waals surface area contributed by atoms with Crippen molar-refractivity contribution in [2.75, 3.05) is 13.2 Å². The lowest BCUT2D eigenvalue weighted by Crippen LogP contribution is -2.34. The molecule has 32 heavy (non-hydrogen) atoms. The minimum Gasteiger partial charge on any atom is -0.490 e. The van der Waals surface area contributed by atoms with Gasteiger partial charge in [-0.05, 0) is 49.6 Å². The van der Waals surface area contributed by atoms with E-state index >= 15 is 0 Å². The fraction of sp³-hybridized carbons (Fsp3) is 0.280. The Hall–Kier alpha value is -2.76. The SMILES string of the molecule is CC1=C(C(=O)OCCOc2ccccc2)[C@@H](c2ccc(Cl)c(Cl)c2)C2=C(CCCC2=O)N1. The monoisotopic (exact) mass is 471 g/mol. The van der Waals surface area contributed by atoms with E-state index in [9.17, 15) is 9.59 Å². The van der Waals surface area contributed by atoms with Crippen molar-refractivity contribution in [2.24, 2.45) is 0 Å². The summed E-state index contributed by atoms with van der Waals surface area (Å²) in [6.07, 6.45) is 1.98. The van der Waals surface area contributed by atoms with Gasteiger partial charge in [0.15, 0.2) is 5.78 Å². The van der Waals surface area contributed by atoms with Gasteiger partial charge in [0.1, 0.15) is 19.0 Å². The summed E-state index contributed by atoms with van der Waals surface area (Å²) in [5.74, 6) is -0.321. The fourth-order valence-corrected chi connectivity index (χ4v) is 4.47. The Morgan fingerprint density at radius 3 is 2.59 bits per heavy atom. The fourth-order valence-electron chi connectivity index (χ4n) is 4.17. The summed E-state index contributed by atoms with van der Waals surface area (Å²) < 4.78 is 11.1. The zero-order chi connectivity index (χ0) is 22.7. The van der Waals surface area contributed by atoms with Gasteiger partial charge in [-0.3, -0.25) is 4.79 Å². The highest BCUT2D eigenvalue weighted by molar-refractivity contribution is 6.42. The van der Waals surface area contributed by atoms with E-state index in [1.807, 2.05) is 37.3 Å². The van der Waals surface area contributed by atoms with E-state index in [0.29, 0.717) is 39.1 Å². The van der Waals surface area contributed by atoms with Crippen LogP contribution in [-0.4, -0.2) is 25.0 Å². The molecule has 1 heterocycles. The van der Waals surface area contributed by atoms with Crippen LogP contribution in [-0.2, 0) is 14.3 Å². The number of hydrogen-bond donors (Lipinski definition) is 1. The van der Waals surface area contributed by atoms with Gasteiger partial charge < -0.3 is 14.8 Å². The lowest BCUT2D eigenvalue weighted by Gasteiger charge is -2.34. The zero-order valence-corrected chi connectivity index (χ0v) is 19.1. The van der Waals surface area contributed by atoms with Crippen LogP contribution in [0.5, 0.6) is 5.75 Å². The van der Waals surface area contributed by atoms with Gasteiger partial charge in [0.25, 0.3) is 0 Å². The molecule has 2 aromatic carbocycles. The summed E-state index contributed by atoms with van der Waals surface area (Å²) in [6, 6.07) is 14.5. The van der Waals surface area contributed by atoms with Crippen LogP contribution in [0.15, 0.2) is 71.1 Å². The number of carbonyl (C=O) groups is 2. The number of ketones is 1. The third-order valence-electron chi connectivity index (χ3n) is 5.60. The van der Waals surface area contributed by atoms with Crippen molar-refractivity contribution in [1.82, 2.24) is 5.32 Å². The second-order valence-corrected chi connectivity index (χ2v) is 8.55. The van der Waals surface area contributed by atoms with Crippen LogP contribution in [0.3, 0.4) is 0 Å². The minimum absolute atomic E-state index is 0.0278. The molecule has 0 bridgehead atoms. The predicted molar refractivity (Wildman–Crippen MR) is 124 cm³/mol. The number of dihydropyridines is 1. The molecule has 0 radical (unpaired) electrons. The molecule has 166 valence electrons. The summed E-state index contributed by atoms with van der Waals surface area (Å²) in [4.78, 5) is 26.1. The molecule has 2 aromatic rings. The van der Waals surface area contributed by atoms with Crippen molar-refractivity contribution in [3.63, 3.8) is 0 Å². The van der Waals surface area contributed by atoms with Crippen molar-refractivity contribution in [3.8, 4) is 5.75 Å². The Morgan fingerprint density at radius 2 is 1.84 bits per heavy atom. The number of esters is 1.